The van der Waals surface area contributed by atoms with E-state index in [-0.39, 0.29) is 24.9 Å². The van der Waals surface area contributed by atoms with E-state index in [0.717, 1.165) is 0 Å². The molecule has 0 spiro atoms. The lowest BCUT2D eigenvalue weighted by atomic mass is 10.0. The van der Waals surface area contributed by atoms with Crippen LogP contribution >= 0.6 is 0 Å². The molecular weight excluding hydrogens is 262 g/mol. The molecule has 8 heteroatoms. The molecular formula is C12H21N5O3. The number of rotatable bonds is 7. The zero-order chi connectivity index (χ0) is 15.1. The molecule has 1 aromatic rings. The summed E-state index contributed by atoms with van der Waals surface area (Å²) in [5.41, 5.74) is 6.01. The van der Waals surface area contributed by atoms with Crippen molar-refractivity contribution in [2.75, 3.05) is 7.11 Å². The number of aromatic nitrogens is 3. The first-order chi connectivity index (χ1) is 9.46. The smallest absolute Gasteiger partial charge is 0.328 e. The highest BCUT2D eigenvalue weighted by atomic mass is 16.5. The molecule has 1 rings (SSSR count). The number of hydrogen-bond donors (Lipinski definition) is 2. The van der Waals surface area contributed by atoms with Gasteiger partial charge in [0, 0.05) is 6.54 Å². The molecule has 0 aliphatic rings. The summed E-state index contributed by atoms with van der Waals surface area (Å²) in [6.07, 6.45) is 2.11. The fourth-order valence-electron chi connectivity index (χ4n) is 1.72. The van der Waals surface area contributed by atoms with E-state index in [1.807, 2.05) is 13.8 Å². The molecule has 1 aromatic heterocycles. The number of hydrogen-bond acceptors (Lipinski definition) is 6. The van der Waals surface area contributed by atoms with Crippen LogP contribution in [0.2, 0.25) is 0 Å². The third-order valence-electron chi connectivity index (χ3n) is 2.63. The molecule has 0 saturated heterocycles. The molecule has 0 fully saturated rings. The Labute approximate surface area is 117 Å². The van der Waals surface area contributed by atoms with Crippen molar-refractivity contribution in [3.63, 3.8) is 0 Å². The van der Waals surface area contributed by atoms with E-state index in [9.17, 15) is 9.59 Å². The van der Waals surface area contributed by atoms with Crippen LogP contribution in [-0.4, -0.2) is 40.0 Å². The maximum absolute atomic E-state index is 11.9. The number of nitrogens with two attached hydrogens (primary N) is 1. The molecule has 0 bridgehead atoms. The van der Waals surface area contributed by atoms with Crippen molar-refractivity contribution < 1.29 is 14.3 Å². The van der Waals surface area contributed by atoms with E-state index < -0.39 is 12.0 Å². The first-order valence-electron chi connectivity index (χ1n) is 6.42. The molecule has 3 N–H and O–H groups in total. The molecule has 20 heavy (non-hydrogen) atoms. The minimum absolute atomic E-state index is 0.0153. The number of nitrogens with one attached hydrogen (secondary N) is 1. The number of carbonyl (C=O) groups is 2. The zero-order valence-electron chi connectivity index (χ0n) is 12.0. The van der Waals surface area contributed by atoms with Gasteiger partial charge in [0.1, 0.15) is 12.6 Å². The van der Waals surface area contributed by atoms with Gasteiger partial charge >= 0.3 is 5.97 Å². The van der Waals surface area contributed by atoms with Crippen LogP contribution in [0.4, 0.5) is 0 Å². The van der Waals surface area contributed by atoms with Gasteiger partial charge in [-0.1, -0.05) is 19.1 Å². The first-order valence-corrected chi connectivity index (χ1v) is 6.42. The molecule has 0 radical (unpaired) electrons. The van der Waals surface area contributed by atoms with Crippen LogP contribution in [0.15, 0.2) is 6.20 Å². The van der Waals surface area contributed by atoms with Gasteiger partial charge in [0.25, 0.3) is 0 Å². The Morgan fingerprint density at radius 3 is 2.70 bits per heavy atom. The molecule has 0 unspecified atom stereocenters. The van der Waals surface area contributed by atoms with Crippen LogP contribution in [-0.2, 0) is 27.4 Å². The topological polar surface area (TPSA) is 112 Å². The van der Waals surface area contributed by atoms with Crippen LogP contribution in [0.25, 0.3) is 0 Å². The summed E-state index contributed by atoms with van der Waals surface area (Å²) < 4.78 is 6.06. The van der Waals surface area contributed by atoms with Gasteiger partial charge in [-0.05, 0) is 12.3 Å². The van der Waals surface area contributed by atoms with Crippen molar-refractivity contribution >= 4 is 11.9 Å². The summed E-state index contributed by atoms with van der Waals surface area (Å²) >= 11 is 0. The van der Waals surface area contributed by atoms with Crippen LogP contribution < -0.4 is 11.1 Å². The van der Waals surface area contributed by atoms with Crippen LogP contribution in [0.5, 0.6) is 0 Å². The van der Waals surface area contributed by atoms with Crippen molar-refractivity contribution in [3.8, 4) is 0 Å². The van der Waals surface area contributed by atoms with Crippen molar-refractivity contribution in [1.82, 2.24) is 20.3 Å². The van der Waals surface area contributed by atoms with Gasteiger partial charge in [-0.15, -0.1) is 5.10 Å². The Morgan fingerprint density at radius 1 is 1.50 bits per heavy atom. The monoisotopic (exact) mass is 283 g/mol. The molecule has 0 aromatic carbocycles. The second-order valence-corrected chi connectivity index (χ2v) is 4.88. The largest absolute Gasteiger partial charge is 0.467 e. The van der Waals surface area contributed by atoms with Crippen LogP contribution in [0.3, 0.4) is 0 Å². The van der Waals surface area contributed by atoms with Gasteiger partial charge in [-0.25, -0.2) is 9.48 Å². The number of carbonyl (C=O) groups excluding carboxylic acids is 2. The lowest BCUT2D eigenvalue weighted by Crippen LogP contribution is -2.43. The third-order valence-corrected chi connectivity index (χ3v) is 2.63. The third kappa shape index (κ3) is 4.96. The second kappa shape index (κ2) is 7.59. The normalized spacial score (nSPS) is 12.2. The fraction of sp³-hybridized carbons (Fsp3) is 0.667. The summed E-state index contributed by atoms with van der Waals surface area (Å²) in [7, 11) is 1.30. The standard InChI is InChI=1S/C12H21N5O3/c1-8(2)4-10(12(19)20-3)14-11(18)7-17-6-9(5-13)15-16-17/h6,8,10H,4-5,7,13H2,1-3H3,(H,14,18)/t10-/m0/s1. The Bertz CT molecular complexity index is 458. The minimum Gasteiger partial charge on any atom is -0.467 e. The predicted octanol–water partition coefficient (Wildman–Crippen LogP) is -0.559. The van der Waals surface area contributed by atoms with Gasteiger partial charge in [-0.2, -0.15) is 0 Å². The minimum atomic E-state index is -0.648. The first kappa shape index (κ1) is 16.1. The molecule has 0 aliphatic carbocycles. The quantitative estimate of drug-likeness (QED) is 0.649. The van der Waals surface area contributed by atoms with Gasteiger partial charge < -0.3 is 15.8 Å². The molecule has 1 amide bonds. The molecule has 8 nitrogen and oxygen atoms in total. The number of esters is 1. The average molecular weight is 283 g/mol. The maximum Gasteiger partial charge on any atom is 0.328 e. The van der Waals surface area contributed by atoms with Gasteiger partial charge in [-0.3, -0.25) is 4.79 Å². The number of ether oxygens (including phenoxy) is 1. The highest BCUT2D eigenvalue weighted by Gasteiger charge is 2.22. The Hall–Kier alpha value is -1.96. The summed E-state index contributed by atoms with van der Waals surface area (Å²) in [6.45, 7) is 4.18. The van der Waals surface area contributed by atoms with E-state index in [1.54, 1.807) is 6.20 Å². The lowest BCUT2D eigenvalue weighted by molar-refractivity contribution is -0.145. The summed E-state index contributed by atoms with van der Waals surface area (Å²) in [4.78, 5) is 23.5. The van der Waals surface area contributed by atoms with E-state index in [4.69, 9.17) is 5.73 Å². The number of nitrogens with zero attached hydrogens (tertiary/aromatic N) is 3. The SMILES string of the molecule is COC(=O)[C@H](CC(C)C)NC(=O)Cn1cc(CN)nn1. The average Bonchev–Trinajstić information content (AvgIpc) is 2.84. The summed E-state index contributed by atoms with van der Waals surface area (Å²) in [5, 5.41) is 10.2. The molecule has 1 atom stereocenters. The van der Waals surface area contributed by atoms with E-state index in [0.29, 0.717) is 12.1 Å². The van der Waals surface area contributed by atoms with Gasteiger partial charge in [0.2, 0.25) is 5.91 Å². The van der Waals surface area contributed by atoms with E-state index in [1.165, 1.54) is 11.8 Å². The number of amides is 1. The van der Waals surface area contributed by atoms with Crippen molar-refractivity contribution in [1.29, 1.82) is 0 Å². The molecule has 1 heterocycles. The van der Waals surface area contributed by atoms with Gasteiger partial charge in [0.05, 0.1) is 19.0 Å². The van der Waals surface area contributed by atoms with Crippen molar-refractivity contribution in [2.24, 2.45) is 11.7 Å². The van der Waals surface area contributed by atoms with Crippen molar-refractivity contribution in [3.05, 3.63) is 11.9 Å². The van der Waals surface area contributed by atoms with E-state index in [2.05, 4.69) is 20.4 Å². The number of methoxy groups -OCH3 is 1. The highest BCUT2D eigenvalue weighted by Crippen LogP contribution is 2.06. The molecule has 0 saturated carbocycles. The Balaban J connectivity index is 2.58. The van der Waals surface area contributed by atoms with Crippen LogP contribution in [0, 0.1) is 5.92 Å². The Morgan fingerprint density at radius 2 is 2.20 bits per heavy atom. The second-order valence-electron chi connectivity index (χ2n) is 4.88. The highest BCUT2D eigenvalue weighted by molar-refractivity contribution is 5.84. The lowest BCUT2D eigenvalue weighted by Gasteiger charge is -2.18. The predicted molar refractivity (Wildman–Crippen MR) is 71.3 cm³/mol. The molecule has 0 aliphatic heterocycles. The van der Waals surface area contributed by atoms with E-state index >= 15 is 0 Å². The summed E-state index contributed by atoms with van der Waals surface area (Å²) in [6, 6.07) is -0.648. The molecule has 112 valence electrons. The fourth-order valence-corrected chi connectivity index (χ4v) is 1.72. The zero-order valence-corrected chi connectivity index (χ0v) is 12.0. The van der Waals surface area contributed by atoms with Crippen LogP contribution in [0.1, 0.15) is 26.0 Å². The van der Waals surface area contributed by atoms with Gasteiger partial charge in [0.15, 0.2) is 0 Å². The Kier molecular flexibility index (Phi) is 6.10. The van der Waals surface area contributed by atoms with Crippen molar-refractivity contribution in [2.45, 2.75) is 39.4 Å². The summed E-state index contributed by atoms with van der Waals surface area (Å²) in [5.74, 6) is -0.516. The maximum atomic E-state index is 11.9.